The molecule has 3 rings (SSSR count). The van der Waals surface area contributed by atoms with Gasteiger partial charge in [0.15, 0.2) is 0 Å². The lowest BCUT2D eigenvalue weighted by Gasteiger charge is -2.17. The van der Waals surface area contributed by atoms with Crippen LogP contribution in [0.3, 0.4) is 0 Å². The fourth-order valence-corrected chi connectivity index (χ4v) is 4.41. The van der Waals surface area contributed by atoms with Crippen molar-refractivity contribution in [3.8, 4) is 0 Å². The van der Waals surface area contributed by atoms with E-state index >= 15 is 0 Å². The first kappa shape index (κ1) is 20.0. The summed E-state index contributed by atoms with van der Waals surface area (Å²) in [6.45, 7) is 7.92. The molecule has 2 aromatic carbocycles. The number of hydrogen-bond acceptors (Lipinski definition) is 3. The zero-order valence-corrected chi connectivity index (χ0v) is 17.8. The molecule has 0 bridgehead atoms. The van der Waals surface area contributed by atoms with Crippen molar-refractivity contribution < 1.29 is 9.59 Å². The molecule has 0 spiro atoms. The van der Waals surface area contributed by atoms with Gasteiger partial charge >= 0.3 is 0 Å². The van der Waals surface area contributed by atoms with Gasteiger partial charge in [-0.05, 0) is 43.2 Å². The molecular weight excluding hydrogens is 401 g/mol. The van der Waals surface area contributed by atoms with Gasteiger partial charge in [0, 0.05) is 10.3 Å². The van der Waals surface area contributed by atoms with Crippen molar-refractivity contribution in [2.45, 2.75) is 32.9 Å². The van der Waals surface area contributed by atoms with Crippen LogP contribution < -0.4 is 4.90 Å². The molecule has 3 nitrogen and oxygen atoms in total. The highest BCUT2D eigenvalue weighted by Gasteiger charge is 2.41. The lowest BCUT2D eigenvalue weighted by atomic mass is 9.99. The summed E-state index contributed by atoms with van der Waals surface area (Å²) in [5.41, 5.74) is 3.55. The monoisotopic (exact) mass is 419 g/mol. The van der Waals surface area contributed by atoms with Crippen LogP contribution in [0.25, 0.3) is 5.57 Å². The van der Waals surface area contributed by atoms with Gasteiger partial charge in [0.2, 0.25) is 0 Å². The van der Waals surface area contributed by atoms with E-state index in [0.717, 1.165) is 21.6 Å². The number of carbonyl (C=O) groups excluding carboxylic acids is 2. The van der Waals surface area contributed by atoms with Gasteiger partial charge in [0.25, 0.3) is 11.8 Å². The maximum atomic E-state index is 13.3. The molecule has 1 heterocycles. The average Bonchev–Trinajstić information content (AvgIpc) is 2.81. The van der Waals surface area contributed by atoms with Crippen LogP contribution >= 0.6 is 35.0 Å². The zero-order chi connectivity index (χ0) is 19.9. The third-order valence-corrected chi connectivity index (χ3v) is 5.84. The molecule has 0 fully saturated rings. The second kappa shape index (κ2) is 7.70. The van der Waals surface area contributed by atoms with Crippen LogP contribution in [0.4, 0.5) is 5.69 Å². The number of thioether (sulfide) groups is 1. The number of nitrogens with zero attached hydrogens (tertiary/aromatic N) is 1. The number of benzene rings is 2. The largest absolute Gasteiger partial charge is 0.272 e. The minimum Gasteiger partial charge on any atom is -0.268 e. The van der Waals surface area contributed by atoms with Gasteiger partial charge in [-0.15, -0.1) is 11.8 Å². The zero-order valence-electron chi connectivity index (χ0n) is 15.5. The van der Waals surface area contributed by atoms with Gasteiger partial charge in [-0.3, -0.25) is 9.59 Å². The Bertz CT molecular complexity index is 982. The molecule has 0 saturated heterocycles. The molecule has 27 heavy (non-hydrogen) atoms. The number of anilines is 1. The number of amides is 2. The molecule has 0 radical (unpaired) electrons. The van der Waals surface area contributed by atoms with Crippen LogP contribution in [-0.4, -0.2) is 17.1 Å². The Hall–Kier alpha value is -1.75. The van der Waals surface area contributed by atoms with E-state index in [1.807, 2.05) is 45.9 Å². The minimum atomic E-state index is -0.376. The van der Waals surface area contributed by atoms with Crippen LogP contribution in [0.2, 0.25) is 10.0 Å². The van der Waals surface area contributed by atoms with E-state index in [-0.39, 0.29) is 17.1 Å². The van der Waals surface area contributed by atoms with E-state index in [4.69, 9.17) is 23.2 Å². The molecule has 0 aliphatic carbocycles. The topological polar surface area (TPSA) is 37.4 Å². The second-order valence-electron chi connectivity index (χ2n) is 6.73. The fraction of sp³-hybridized carbons (Fsp3) is 0.238. The minimum absolute atomic E-state index is 0.146. The van der Waals surface area contributed by atoms with E-state index in [1.54, 1.807) is 18.2 Å². The van der Waals surface area contributed by atoms with E-state index in [0.29, 0.717) is 26.2 Å². The molecule has 0 aromatic heterocycles. The first-order valence-corrected chi connectivity index (χ1v) is 10.2. The maximum absolute atomic E-state index is 13.3. The summed E-state index contributed by atoms with van der Waals surface area (Å²) in [4.78, 5) is 28.1. The molecule has 1 aliphatic rings. The molecule has 2 aromatic rings. The first-order chi connectivity index (χ1) is 12.7. The molecule has 0 unspecified atom stereocenters. The predicted octanol–water partition coefficient (Wildman–Crippen LogP) is 6.04. The molecule has 1 aliphatic heterocycles. The van der Waals surface area contributed by atoms with Gasteiger partial charge in [-0.2, -0.15) is 0 Å². The third kappa shape index (κ3) is 3.79. The van der Waals surface area contributed by atoms with Crippen LogP contribution in [0, 0.1) is 13.8 Å². The number of halogens is 2. The van der Waals surface area contributed by atoms with Crippen LogP contribution in [0.15, 0.2) is 41.3 Å². The van der Waals surface area contributed by atoms with Crippen molar-refractivity contribution in [3.05, 3.63) is 68.0 Å². The maximum Gasteiger partial charge on any atom is 0.272 e. The third-order valence-electron chi connectivity index (χ3n) is 4.20. The Kier molecular flexibility index (Phi) is 5.71. The normalized spacial score (nSPS) is 14.7. The van der Waals surface area contributed by atoms with Gasteiger partial charge in [0.05, 0.1) is 21.2 Å². The van der Waals surface area contributed by atoms with Crippen molar-refractivity contribution in [2.75, 3.05) is 4.90 Å². The Balaban J connectivity index is 2.19. The van der Waals surface area contributed by atoms with Gasteiger partial charge in [-0.1, -0.05) is 60.8 Å². The highest BCUT2D eigenvalue weighted by Crippen LogP contribution is 2.42. The number of imide groups is 1. The highest BCUT2D eigenvalue weighted by atomic mass is 35.5. The Morgan fingerprint density at radius 1 is 0.963 bits per heavy atom. The lowest BCUT2D eigenvalue weighted by Crippen LogP contribution is -2.31. The number of hydrogen-bond donors (Lipinski definition) is 0. The van der Waals surface area contributed by atoms with Gasteiger partial charge < -0.3 is 0 Å². The van der Waals surface area contributed by atoms with Crippen molar-refractivity contribution in [1.29, 1.82) is 0 Å². The summed E-state index contributed by atoms with van der Waals surface area (Å²) in [6.07, 6.45) is 0. The van der Waals surface area contributed by atoms with Crippen LogP contribution in [0.1, 0.15) is 30.5 Å². The Morgan fingerprint density at radius 2 is 1.67 bits per heavy atom. The number of rotatable bonds is 4. The summed E-state index contributed by atoms with van der Waals surface area (Å²) < 4.78 is 0. The lowest BCUT2D eigenvalue weighted by molar-refractivity contribution is -0.119. The SMILES string of the molecule is Cc1ccc(C2=C(SC(C)C)C(=O)N(c3cc(Cl)ccc3Cl)C2=O)c(C)c1. The van der Waals surface area contributed by atoms with Crippen LogP contribution in [-0.2, 0) is 9.59 Å². The summed E-state index contributed by atoms with van der Waals surface area (Å²) in [5.74, 6) is -0.739. The number of carbonyl (C=O) groups is 2. The summed E-state index contributed by atoms with van der Waals surface area (Å²) in [5, 5.41) is 0.859. The quantitative estimate of drug-likeness (QED) is 0.567. The Labute approximate surface area is 173 Å². The fourth-order valence-electron chi connectivity index (χ4n) is 3.06. The summed E-state index contributed by atoms with van der Waals surface area (Å²) >= 11 is 13.7. The average molecular weight is 420 g/mol. The van der Waals surface area contributed by atoms with E-state index in [1.165, 1.54) is 11.8 Å². The molecule has 0 saturated carbocycles. The van der Waals surface area contributed by atoms with Crippen molar-refractivity contribution >= 4 is 58.0 Å². The van der Waals surface area contributed by atoms with Gasteiger partial charge in [-0.25, -0.2) is 4.90 Å². The molecule has 0 atom stereocenters. The Morgan fingerprint density at radius 3 is 2.30 bits per heavy atom. The summed E-state index contributed by atoms with van der Waals surface area (Å²) in [6, 6.07) is 10.6. The predicted molar refractivity (Wildman–Crippen MR) is 115 cm³/mol. The highest BCUT2D eigenvalue weighted by molar-refractivity contribution is 8.04. The standard InChI is InChI=1S/C21H19Cl2NO2S/c1-11(2)27-19-18(15-7-5-12(3)9-13(15)4)20(25)24(21(19)26)17-10-14(22)6-8-16(17)23/h5-11H,1-4H3. The molecule has 2 amide bonds. The molecule has 140 valence electrons. The number of aryl methyl sites for hydroxylation is 2. The molecule has 0 N–H and O–H groups in total. The second-order valence-corrected chi connectivity index (χ2v) is 9.16. The van der Waals surface area contributed by atoms with E-state index in [9.17, 15) is 9.59 Å². The molecule has 6 heteroatoms. The summed E-state index contributed by atoms with van der Waals surface area (Å²) in [7, 11) is 0. The van der Waals surface area contributed by atoms with E-state index in [2.05, 4.69) is 0 Å². The van der Waals surface area contributed by atoms with Crippen molar-refractivity contribution in [1.82, 2.24) is 0 Å². The van der Waals surface area contributed by atoms with Crippen LogP contribution in [0.5, 0.6) is 0 Å². The van der Waals surface area contributed by atoms with Crippen molar-refractivity contribution in [3.63, 3.8) is 0 Å². The van der Waals surface area contributed by atoms with Gasteiger partial charge in [0.1, 0.15) is 0 Å². The first-order valence-electron chi connectivity index (χ1n) is 8.53. The molecular formula is C21H19Cl2NO2S. The smallest absolute Gasteiger partial charge is 0.268 e. The van der Waals surface area contributed by atoms with E-state index < -0.39 is 0 Å². The van der Waals surface area contributed by atoms with Crippen molar-refractivity contribution in [2.24, 2.45) is 0 Å².